The number of terminal acetylenes is 1. The van der Waals surface area contributed by atoms with Crippen LogP contribution < -0.4 is 5.32 Å². The van der Waals surface area contributed by atoms with Gasteiger partial charge in [0.2, 0.25) is 11.8 Å². The number of anilines is 1. The zero-order valence-electron chi connectivity index (χ0n) is 22.8. The van der Waals surface area contributed by atoms with Gasteiger partial charge in [0.1, 0.15) is 28.7 Å². The van der Waals surface area contributed by atoms with Gasteiger partial charge in [0.25, 0.3) is 0 Å². The predicted octanol–water partition coefficient (Wildman–Crippen LogP) is 3.14. The molecule has 0 unspecified atom stereocenters. The van der Waals surface area contributed by atoms with Crippen molar-refractivity contribution >= 4 is 50.2 Å². The van der Waals surface area contributed by atoms with Crippen LogP contribution in [-0.2, 0) is 16.1 Å². The van der Waals surface area contributed by atoms with E-state index in [0.717, 1.165) is 0 Å². The maximum absolute atomic E-state index is 13.8. The molecule has 12 nitrogen and oxygen atoms in total. The van der Waals surface area contributed by atoms with Crippen molar-refractivity contribution in [1.29, 1.82) is 0 Å². The molecule has 4 aromatic rings. The zero-order valence-corrected chi connectivity index (χ0v) is 24.4. The second kappa shape index (κ2) is 11.1. The third-order valence-corrected chi connectivity index (χ3v) is 7.37. The van der Waals surface area contributed by atoms with Gasteiger partial charge in [0, 0.05) is 30.3 Å². The van der Waals surface area contributed by atoms with E-state index in [0.29, 0.717) is 44.7 Å². The van der Waals surface area contributed by atoms with Crippen LogP contribution >= 0.6 is 15.9 Å². The summed E-state index contributed by atoms with van der Waals surface area (Å²) in [6, 6.07) is 0.313. The molecule has 1 aliphatic heterocycles. The molecule has 2 amide bonds. The molecule has 5 heterocycles. The summed E-state index contributed by atoms with van der Waals surface area (Å²) in [4.78, 5) is 62.5. The van der Waals surface area contributed by atoms with Gasteiger partial charge < -0.3 is 10.2 Å². The lowest BCUT2D eigenvalue weighted by molar-refractivity contribution is -0.138. The van der Waals surface area contributed by atoms with Crippen LogP contribution in [0.4, 0.5) is 5.82 Å². The first-order valence-corrected chi connectivity index (χ1v) is 13.6. The number of aromatic nitrogens is 7. The summed E-state index contributed by atoms with van der Waals surface area (Å²) < 4.78 is 1.91. The second-order valence-corrected chi connectivity index (χ2v) is 10.7. The van der Waals surface area contributed by atoms with Gasteiger partial charge in [-0.15, -0.1) is 6.42 Å². The predicted molar refractivity (Wildman–Crippen MR) is 153 cm³/mol. The number of rotatable bonds is 6. The zero-order chi connectivity index (χ0) is 29.4. The lowest BCUT2D eigenvalue weighted by atomic mass is 10.0. The van der Waals surface area contributed by atoms with Crippen LogP contribution in [0.2, 0.25) is 0 Å². The molecule has 208 valence electrons. The Morgan fingerprint density at radius 3 is 2.54 bits per heavy atom. The van der Waals surface area contributed by atoms with Crippen LogP contribution in [-0.4, -0.2) is 69.3 Å². The van der Waals surface area contributed by atoms with Crippen molar-refractivity contribution in [2.45, 2.75) is 52.7 Å². The molecule has 1 N–H and O–H groups in total. The van der Waals surface area contributed by atoms with Gasteiger partial charge in [-0.1, -0.05) is 12.8 Å². The number of aryl methyl sites for hydroxylation is 2. The highest BCUT2D eigenvalue weighted by molar-refractivity contribution is 9.10. The highest BCUT2D eigenvalue weighted by atomic mass is 79.9. The number of nitrogens with zero attached hydrogens (tertiary/aromatic N) is 8. The Balaban J connectivity index is 1.49. The van der Waals surface area contributed by atoms with Crippen LogP contribution in [0.1, 0.15) is 42.3 Å². The molecular formula is C28H26BrN9O3. The van der Waals surface area contributed by atoms with Crippen LogP contribution in [0.25, 0.3) is 22.2 Å². The molecule has 0 spiro atoms. The minimum atomic E-state index is -0.833. The second-order valence-electron chi connectivity index (χ2n) is 9.93. The average molecular weight is 616 g/mol. The van der Waals surface area contributed by atoms with Gasteiger partial charge in [0.05, 0.1) is 35.3 Å². The summed E-state index contributed by atoms with van der Waals surface area (Å²) in [6.45, 7) is 6.64. The van der Waals surface area contributed by atoms with E-state index in [9.17, 15) is 14.4 Å². The number of likely N-dealkylation sites (tertiary alicyclic amines) is 1. The summed E-state index contributed by atoms with van der Waals surface area (Å²) in [7, 11) is 0. The molecule has 41 heavy (non-hydrogen) atoms. The lowest BCUT2D eigenvalue weighted by Crippen LogP contribution is -2.48. The van der Waals surface area contributed by atoms with E-state index in [4.69, 9.17) is 6.42 Å². The highest BCUT2D eigenvalue weighted by Gasteiger charge is 2.44. The number of ketones is 1. The summed E-state index contributed by atoms with van der Waals surface area (Å²) in [6.07, 6.45) is 12.4. The Hall–Kier alpha value is -4.57. The Morgan fingerprint density at radius 1 is 1.15 bits per heavy atom. The molecule has 0 aliphatic carbocycles. The van der Waals surface area contributed by atoms with Crippen LogP contribution in [0, 0.1) is 32.1 Å². The molecule has 0 aromatic carbocycles. The minimum Gasteiger partial charge on any atom is -0.315 e. The van der Waals surface area contributed by atoms with Crippen molar-refractivity contribution in [2.75, 3.05) is 5.32 Å². The average Bonchev–Trinajstić information content (AvgIpc) is 3.46. The quantitative estimate of drug-likeness (QED) is 0.255. The fourth-order valence-electron chi connectivity index (χ4n) is 5.14. The number of carbonyl (C=O) groups is 3. The number of Topliss-reactive ketones (excluding diaryl/α,β-unsaturated/α-hetero) is 1. The van der Waals surface area contributed by atoms with Crippen LogP contribution in [0.5, 0.6) is 0 Å². The van der Waals surface area contributed by atoms with Crippen molar-refractivity contribution in [3.8, 4) is 23.6 Å². The van der Waals surface area contributed by atoms with Gasteiger partial charge >= 0.3 is 0 Å². The number of hydrogen-bond donors (Lipinski definition) is 1. The van der Waals surface area contributed by atoms with E-state index in [1.807, 2.05) is 6.92 Å². The lowest BCUT2D eigenvalue weighted by Gasteiger charge is -2.27. The largest absolute Gasteiger partial charge is 0.315 e. The van der Waals surface area contributed by atoms with E-state index >= 15 is 0 Å². The number of amides is 2. The maximum Gasteiger partial charge on any atom is 0.248 e. The van der Waals surface area contributed by atoms with Crippen molar-refractivity contribution in [1.82, 2.24) is 39.6 Å². The summed E-state index contributed by atoms with van der Waals surface area (Å²) in [5.74, 6) is 2.32. The molecule has 3 atom stereocenters. The smallest absolute Gasteiger partial charge is 0.248 e. The number of fused-ring (bicyclic) bond motifs is 1. The topological polar surface area (TPSA) is 149 Å². The molecule has 1 aliphatic rings. The van der Waals surface area contributed by atoms with Gasteiger partial charge in [-0.05, 0) is 48.2 Å². The number of hydrogen-bond acceptors (Lipinski definition) is 9. The first kappa shape index (κ1) is 28.0. The normalized spacial score (nSPS) is 18.3. The minimum absolute atomic E-state index is 0.127. The Labute approximate surface area is 244 Å². The van der Waals surface area contributed by atoms with Crippen LogP contribution in [0.3, 0.4) is 0 Å². The van der Waals surface area contributed by atoms with Gasteiger partial charge in [-0.3, -0.25) is 29.0 Å². The molecule has 0 bridgehead atoms. The fourth-order valence-corrected chi connectivity index (χ4v) is 5.44. The first-order chi connectivity index (χ1) is 19.6. The molecular weight excluding hydrogens is 590 g/mol. The third-order valence-electron chi connectivity index (χ3n) is 6.98. The van der Waals surface area contributed by atoms with Gasteiger partial charge in [-0.2, -0.15) is 5.10 Å². The summed E-state index contributed by atoms with van der Waals surface area (Å²) in [5.41, 5.74) is 2.58. The summed E-state index contributed by atoms with van der Waals surface area (Å²) >= 11 is 3.24. The third kappa shape index (κ3) is 5.43. The Bertz CT molecular complexity index is 1730. The van der Waals surface area contributed by atoms with Crippen molar-refractivity contribution in [2.24, 2.45) is 5.92 Å². The van der Waals surface area contributed by atoms with Gasteiger partial charge in [0.15, 0.2) is 11.6 Å². The molecule has 1 fully saturated rings. The molecule has 4 aromatic heterocycles. The number of halogens is 1. The van der Waals surface area contributed by atoms with E-state index < -0.39 is 23.9 Å². The Kier molecular flexibility index (Phi) is 7.59. The van der Waals surface area contributed by atoms with E-state index in [2.05, 4.69) is 57.2 Å². The Morgan fingerprint density at radius 2 is 1.88 bits per heavy atom. The number of carbonyl (C=O) groups excluding carboxylic acids is 3. The number of pyridine rings is 1. The first-order valence-electron chi connectivity index (χ1n) is 12.8. The van der Waals surface area contributed by atoms with E-state index in [1.54, 1.807) is 32.3 Å². The molecule has 0 saturated carbocycles. The number of nitrogens with one attached hydrogen (secondary N) is 1. The molecule has 0 radical (unpaired) electrons. The van der Waals surface area contributed by atoms with E-state index in [1.165, 1.54) is 28.9 Å². The standard InChI is InChI=1S/C28H26BrN9O3/c1-6-21-14(2)7-22(28(41)35-24-12-30-11-23(29)34-24)38(21)25(40)13-37-27-15(3)33-20(18-9-31-17(5)32-10-18)8-19(27)26(36-37)16(4)39/h1,8-12,14,21-22H,7,13H2,2-5H3,(H,34,35,41)/t14-,21+,22-/m0/s1. The van der Waals surface area contributed by atoms with Crippen molar-refractivity contribution in [3.05, 3.63) is 52.7 Å². The summed E-state index contributed by atoms with van der Waals surface area (Å²) in [5, 5.41) is 7.78. The SMILES string of the molecule is C#C[C@@H]1[C@@H](C)C[C@@H](C(=O)Nc2cncc(Br)n2)N1C(=O)Cn1nc(C(C)=O)c2cc(-c3cnc(C)nc3)nc(C)c21. The molecule has 13 heteroatoms. The fraction of sp³-hybridized carbons (Fsp3) is 0.321. The van der Waals surface area contributed by atoms with Crippen molar-refractivity contribution < 1.29 is 14.4 Å². The highest BCUT2D eigenvalue weighted by Crippen LogP contribution is 2.32. The van der Waals surface area contributed by atoms with E-state index in [-0.39, 0.29) is 29.8 Å². The van der Waals surface area contributed by atoms with Crippen LogP contribution in [0.15, 0.2) is 35.5 Å². The monoisotopic (exact) mass is 615 g/mol. The molecule has 5 rings (SSSR count). The van der Waals surface area contributed by atoms with Crippen molar-refractivity contribution in [3.63, 3.8) is 0 Å². The maximum atomic E-state index is 13.8. The molecule has 1 saturated heterocycles. The van der Waals surface area contributed by atoms with Gasteiger partial charge in [-0.25, -0.2) is 15.0 Å².